The lowest BCUT2D eigenvalue weighted by atomic mass is 10.1. The zero-order valence-electron chi connectivity index (χ0n) is 20.0. The lowest BCUT2D eigenvalue weighted by Crippen LogP contribution is -2.39. The van der Waals surface area contributed by atoms with E-state index in [0.717, 1.165) is 28.3 Å². The second-order valence-electron chi connectivity index (χ2n) is 9.09. The number of ether oxygens (including phenoxy) is 2. The van der Waals surface area contributed by atoms with Crippen LogP contribution in [0.1, 0.15) is 33.0 Å². The van der Waals surface area contributed by atoms with Crippen LogP contribution in [0.2, 0.25) is 0 Å². The van der Waals surface area contributed by atoms with Crippen LogP contribution in [0.3, 0.4) is 0 Å². The molecule has 7 nitrogen and oxygen atoms in total. The highest BCUT2D eigenvalue weighted by molar-refractivity contribution is 5.73. The maximum absolute atomic E-state index is 12.4. The summed E-state index contributed by atoms with van der Waals surface area (Å²) in [6.45, 7) is 6.63. The first-order chi connectivity index (χ1) is 16.3. The molecule has 0 radical (unpaired) electrons. The topological polar surface area (TPSA) is 76.6 Å². The third-order valence-corrected chi connectivity index (χ3v) is 5.29. The first-order valence-electron chi connectivity index (χ1n) is 11.3. The molecule has 34 heavy (non-hydrogen) atoms. The predicted molar refractivity (Wildman–Crippen MR) is 134 cm³/mol. The quantitative estimate of drug-likeness (QED) is 0.511. The van der Waals surface area contributed by atoms with E-state index in [1.54, 1.807) is 12.0 Å². The summed E-state index contributed by atoms with van der Waals surface area (Å²) in [4.78, 5) is 23.8. The minimum Gasteiger partial charge on any atom is -0.497 e. The molecule has 1 aliphatic heterocycles. The standard InChI is InChI=1S/C27H30N4O3/c1-27(2,3)34-26(32)31-15-13-20(14-16-31)25-29-23(19-9-6-5-7-10-19)18-24(30-25)28-21-11-8-12-22(17-21)33-4/h5-13,17-18H,14-16H2,1-4H3,(H,28,29,30). The fourth-order valence-electron chi connectivity index (χ4n) is 3.62. The summed E-state index contributed by atoms with van der Waals surface area (Å²) in [7, 11) is 1.64. The molecular formula is C27H30N4O3. The van der Waals surface area contributed by atoms with Crippen LogP contribution in [0.15, 0.2) is 66.7 Å². The van der Waals surface area contributed by atoms with Gasteiger partial charge in [-0.15, -0.1) is 0 Å². The Morgan fingerprint density at radius 2 is 1.82 bits per heavy atom. The molecule has 2 aromatic carbocycles. The first-order valence-corrected chi connectivity index (χ1v) is 11.3. The number of nitrogens with one attached hydrogen (secondary N) is 1. The predicted octanol–water partition coefficient (Wildman–Crippen LogP) is 5.92. The van der Waals surface area contributed by atoms with Gasteiger partial charge in [-0.3, -0.25) is 0 Å². The molecule has 0 spiro atoms. The van der Waals surface area contributed by atoms with E-state index in [1.807, 2.05) is 87.5 Å². The van der Waals surface area contributed by atoms with Crippen LogP contribution in [0, 0.1) is 0 Å². The maximum Gasteiger partial charge on any atom is 0.410 e. The van der Waals surface area contributed by atoms with Crippen LogP contribution in [-0.4, -0.2) is 46.8 Å². The Balaban J connectivity index is 1.63. The number of nitrogens with zero attached hydrogens (tertiary/aromatic N) is 3. The second-order valence-corrected chi connectivity index (χ2v) is 9.09. The van der Waals surface area contributed by atoms with Crippen LogP contribution in [0.5, 0.6) is 5.75 Å². The molecule has 176 valence electrons. The molecule has 0 fully saturated rings. The van der Waals surface area contributed by atoms with Gasteiger partial charge in [0, 0.05) is 36.5 Å². The van der Waals surface area contributed by atoms with E-state index < -0.39 is 5.60 Å². The van der Waals surface area contributed by atoms with Crippen molar-refractivity contribution < 1.29 is 14.3 Å². The van der Waals surface area contributed by atoms with Gasteiger partial charge in [-0.2, -0.15) is 0 Å². The van der Waals surface area contributed by atoms with E-state index in [9.17, 15) is 4.79 Å². The van der Waals surface area contributed by atoms with Crippen molar-refractivity contribution in [2.75, 3.05) is 25.5 Å². The molecule has 0 bridgehead atoms. The van der Waals surface area contributed by atoms with Crippen molar-refractivity contribution in [1.82, 2.24) is 14.9 Å². The van der Waals surface area contributed by atoms with E-state index in [-0.39, 0.29) is 6.09 Å². The minimum atomic E-state index is -0.519. The van der Waals surface area contributed by atoms with Gasteiger partial charge in [0.25, 0.3) is 0 Å². The highest BCUT2D eigenvalue weighted by atomic mass is 16.6. The zero-order valence-corrected chi connectivity index (χ0v) is 20.0. The fraction of sp³-hybridized carbons (Fsp3) is 0.296. The van der Waals surface area contributed by atoms with Crippen LogP contribution in [0.25, 0.3) is 16.8 Å². The summed E-state index contributed by atoms with van der Waals surface area (Å²) in [6, 6.07) is 19.7. The van der Waals surface area contributed by atoms with E-state index in [2.05, 4.69) is 5.32 Å². The number of hydrogen-bond donors (Lipinski definition) is 1. The molecule has 2 heterocycles. The Bertz CT molecular complexity index is 1190. The van der Waals surface area contributed by atoms with E-state index in [4.69, 9.17) is 19.4 Å². The number of methoxy groups -OCH3 is 1. The summed E-state index contributed by atoms with van der Waals surface area (Å²) < 4.78 is 10.8. The van der Waals surface area contributed by atoms with Crippen molar-refractivity contribution in [2.24, 2.45) is 0 Å². The number of amides is 1. The number of anilines is 2. The second kappa shape index (κ2) is 9.95. The van der Waals surface area contributed by atoms with Gasteiger partial charge in [0.05, 0.1) is 12.8 Å². The molecule has 0 saturated heterocycles. The van der Waals surface area contributed by atoms with Crippen molar-refractivity contribution >= 4 is 23.2 Å². The van der Waals surface area contributed by atoms with Gasteiger partial charge in [-0.05, 0) is 44.9 Å². The number of aromatic nitrogens is 2. The fourth-order valence-corrected chi connectivity index (χ4v) is 3.62. The van der Waals surface area contributed by atoms with Gasteiger partial charge in [0.15, 0.2) is 5.82 Å². The van der Waals surface area contributed by atoms with Gasteiger partial charge < -0.3 is 19.7 Å². The Labute approximate surface area is 200 Å². The molecular weight excluding hydrogens is 428 g/mol. The smallest absolute Gasteiger partial charge is 0.410 e. The van der Waals surface area contributed by atoms with Gasteiger partial charge in [-0.25, -0.2) is 14.8 Å². The monoisotopic (exact) mass is 458 g/mol. The molecule has 1 aromatic heterocycles. The number of hydrogen-bond acceptors (Lipinski definition) is 6. The molecule has 1 amide bonds. The molecule has 1 aliphatic rings. The third kappa shape index (κ3) is 5.92. The Kier molecular flexibility index (Phi) is 6.82. The number of carbonyl (C=O) groups is 1. The van der Waals surface area contributed by atoms with Crippen LogP contribution in [-0.2, 0) is 4.74 Å². The molecule has 4 rings (SSSR count). The van der Waals surface area contributed by atoms with Crippen LogP contribution < -0.4 is 10.1 Å². The lowest BCUT2D eigenvalue weighted by molar-refractivity contribution is 0.0270. The summed E-state index contributed by atoms with van der Waals surface area (Å²) >= 11 is 0. The lowest BCUT2D eigenvalue weighted by Gasteiger charge is -2.29. The number of carbonyl (C=O) groups excluding carboxylic acids is 1. The summed E-state index contributed by atoms with van der Waals surface area (Å²) in [6.07, 6.45) is 2.35. The van der Waals surface area contributed by atoms with Crippen molar-refractivity contribution in [2.45, 2.75) is 32.8 Å². The molecule has 3 aromatic rings. The highest BCUT2D eigenvalue weighted by Gasteiger charge is 2.24. The zero-order chi connectivity index (χ0) is 24.1. The normalized spacial score (nSPS) is 13.8. The van der Waals surface area contributed by atoms with E-state index in [1.165, 1.54) is 0 Å². The van der Waals surface area contributed by atoms with Crippen LogP contribution >= 0.6 is 0 Å². The van der Waals surface area contributed by atoms with Crippen molar-refractivity contribution in [1.29, 1.82) is 0 Å². The Hall–Kier alpha value is -3.87. The Morgan fingerprint density at radius 1 is 1.03 bits per heavy atom. The number of benzene rings is 2. The molecule has 0 saturated carbocycles. The van der Waals surface area contributed by atoms with Crippen molar-refractivity contribution in [3.8, 4) is 17.0 Å². The Morgan fingerprint density at radius 3 is 2.50 bits per heavy atom. The van der Waals surface area contributed by atoms with Gasteiger partial charge in [0.1, 0.15) is 17.2 Å². The molecule has 7 heteroatoms. The molecule has 0 atom stereocenters. The van der Waals surface area contributed by atoms with Gasteiger partial charge >= 0.3 is 6.09 Å². The van der Waals surface area contributed by atoms with Crippen molar-refractivity contribution in [3.63, 3.8) is 0 Å². The average molecular weight is 459 g/mol. The van der Waals surface area contributed by atoms with E-state index >= 15 is 0 Å². The average Bonchev–Trinajstić information content (AvgIpc) is 2.83. The summed E-state index contributed by atoms with van der Waals surface area (Å²) in [5, 5.41) is 3.38. The number of rotatable bonds is 5. The third-order valence-electron chi connectivity index (χ3n) is 5.29. The minimum absolute atomic E-state index is 0.304. The first kappa shape index (κ1) is 23.3. The van der Waals surface area contributed by atoms with Crippen molar-refractivity contribution in [3.05, 3.63) is 72.6 Å². The van der Waals surface area contributed by atoms with E-state index in [0.29, 0.717) is 31.2 Å². The summed E-state index contributed by atoms with van der Waals surface area (Å²) in [5.41, 5.74) is 3.19. The maximum atomic E-state index is 12.4. The molecule has 0 aliphatic carbocycles. The molecule has 1 N–H and O–H groups in total. The van der Waals surface area contributed by atoms with Crippen LogP contribution in [0.4, 0.5) is 16.3 Å². The largest absolute Gasteiger partial charge is 0.497 e. The SMILES string of the molecule is COc1cccc(Nc2cc(-c3ccccc3)nc(C3=CCN(C(=O)OC(C)(C)C)CC3)n2)c1. The van der Waals surface area contributed by atoms with Gasteiger partial charge in [-0.1, -0.05) is 42.5 Å². The molecule has 0 unspecified atom stereocenters. The van der Waals surface area contributed by atoms with Gasteiger partial charge in [0.2, 0.25) is 0 Å². The highest BCUT2D eigenvalue weighted by Crippen LogP contribution is 2.28. The summed E-state index contributed by atoms with van der Waals surface area (Å²) in [5.74, 6) is 2.10.